The molecule has 0 saturated heterocycles. The molecule has 0 bridgehead atoms. The fourth-order valence-corrected chi connectivity index (χ4v) is 1.00. The van der Waals surface area contributed by atoms with E-state index in [4.69, 9.17) is 0 Å². The van der Waals surface area contributed by atoms with Crippen LogP contribution in [0.25, 0.3) is 0 Å². The minimum Gasteiger partial charge on any atom is -0.872 e. The molecule has 0 heterocycles. The summed E-state index contributed by atoms with van der Waals surface area (Å²) >= 11 is 0. The predicted molar refractivity (Wildman–Crippen MR) is 40.1 cm³/mol. The second kappa shape index (κ2) is 3.85. The van der Waals surface area contributed by atoms with Crippen LogP contribution in [0, 0.1) is 20.8 Å². The van der Waals surface area contributed by atoms with Crippen LogP contribution in [-0.4, -0.2) is 0 Å². The van der Waals surface area contributed by atoms with E-state index < -0.39 is 0 Å². The van der Waals surface area contributed by atoms with Crippen LogP contribution in [0.3, 0.4) is 0 Å². The van der Waals surface area contributed by atoms with Crippen molar-refractivity contribution in [1.82, 2.24) is 0 Å². The Morgan fingerprint density at radius 1 is 1.09 bits per heavy atom. The molecule has 0 radical (unpaired) electrons. The second-order valence-electron chi connectivity index (χ2n) is 2.70. The SMILES string of the molecule is Cc1cc(C)c(C)c([O-])c1.[Li+]. The largest absolute Gasteiger partial charge is 1.00 e. The van der Waals surface area contributed by atoms with Crippen molar-refractivity contribution in [3.05, 3.63) is 28.8 Å². The predicted octanol–water partition coefficient (Wildman–Crippen LogP) is -1.31. The average Bonchev–Trinajstić information content (AvgIpc) is 1.82. The summed E-state index contributed by atoms with van der Waals surface area (Å²) in [6.45, 7) is 5.76. The van der Waals surface area contributed by atoms with Gasteiger partial charge in [0.05, 0.1) is 0 Å². The Bertz CT molecular complexity index is 233. The van der Waals surface area contributed by atoms with E-state index >= 15 is 0 Å². The first kappa shape index (κ1) is 10.6. The molecule has 0 unspecified atom stereocenters. The average molecular weight is 142 g/mol. The van der Waals surface area contributed by atoms with Gasteiger partial charge in [-0.2, -0.15) is 0 Å². The number of hydrogen-bond acceptors (Lipinski definition) is 1. The molecule has 0 aliphatic carbocycles. The Balaban J connectivity index is 0.000001000. The van der Waals surface area contributed by atoms with Crippen LogP contribution < -0.4 is 24.0 Å². The summed E-state index contributed by atoms with van der Waals surface area (Å²) in [5, 5.41) is 11.1. The van der Waals surface area contributed by atoms with Crippen LogP contribution in [-0.2, 0) is 0 Å². The van der Waals surface area contributed by atoms with Gasteiger partial charge in [-0.1, -0.05) is 23.3 Å². The molecule has 0 aromatic heterocycles. The molecule has 54 valence electrons. The van der Waals surface area contributed by atoms with Crippen molar-refractivity contribution >= 4 is 0 Å². The maximum Gasteiger partial charge on any atom is 1.00 e. The smallest absolute Gasteiger partial charge is 0.872 e. The summed E-state index contributed by atoms with van der Waals surface area (Å²) in [6, 6.07) is 3.69. The fourth-order valence-electron chi connectivity index (χ4n) is 1.00. The molecule has 0 N–H and O–H groups in total. The van der Waals surface area contributed by atoms with Crippen LogP contribution >= 0.6 is 0 Å². The van der Waals surface area contributed by atoms with E-state index in [-0.39, 0.29) is 24.6 Å². The Hall–Kier alpha value is -0.383. The zero-order chi connectivity index (χ0) is 7.72. The molecule has 1 rings (SSSR count). The third kappa shape index (κ3) is 2.29. The van der Waals surface area contributed by atoms with Gasteiger partial charge in [-0.05, 0) is 26.3 Å². The summed E-state index contributed by atoms with van der Waals surface area (Å²) in [6.07, 6.45) is 0. The van der Waals surface area contributed by atoms with E-state index in [1.54, 1.807) is 6.07 Å². The zero-order valence-electron chi connectivity index (χ0n) is 7.56. The van der Waals surface area contributed by atoms with Gasteiger partial charge in [0.1, 0.15) is 0 Å². The number of benzene rings is 1. The van der Waals surface area contributed by atoms with Crippen molar-refractivity contribution < 1.29 is 24.0 Å². The first-order chi connectivity index (χ1) is 4.61. The fraction of sp³-hybridized carbons (Fsp3) is 0.333. The van der Waals surface area contributed by atoms with Gasteiger partial charge >= 0.3 is 18.9 Å². The normalized spacial score (nSPS) is 9.00. The van der Waals surface area contributed by atoms with E-state index in [0.29, 0.717) is 0 Å². The van der Waals surface area contributed by atoms with Gasteiger partial charge in [0.2, 0.25) is 0 Å². The maximum absolute atomic E-state index is 11.1. The van der Waals surface area contributed by atoms with Crippen LogP contribution in [0.15, 0.2) is 12.1 Å². The number of hydrogen-bond donors (Lipinski definition) is 0. The third-order valence-corrected chi connectivity index (χ3v) is 1.76. The molecule has 11 heavy (non-hydrogen) atoms. The van der Waals surface area contributed by atoms with E-state index in [9.17, 15) is 5.11 Å². The molecule has 1 aromatic rings. The van der Waals surface area contributed by atoms with Gasteiger partial charge in [-0.25, -0.2) is 0 Å². The minimum atomic E-state index is 0. The van der Waals surface area contributed by atoms with Crippen molar-refractivity contribution in [2.45, 2.75) is 20.8 Å². The summed E-state index contributed by atoms with van der Waals surface area (Å²) in [5.41, 5.74) is 3.00. The van der Waals surface area contributed by atoms with Gasteiger partial charge in [-0.3, -0.25) is 0 Å². The topological polar surface area (TPSA) is 23.1 Å². The summed E-state index contributed by atoms with van der Waals surface area (Å²) < 4.78 is 0. The molecule has 0 fully saturated rings. The van der Waals surface area contributed by atoms with Crippen LogP contribution in [0.4, 0.5) is 0 Å². The van der Waals surface area contributed by atoms with Gasteiger partial charge in [0.25, 0.3) is 0 Å². The molecule has 1 nitrogen and oxygen atoms in total. The standard InChI is InChI=1S/C9H12O.Li/c1-6-4-7(2)8(3)9(10)5-6;/h4-5,10H,1-3H3;/q;+1/p-1. The van der Waals surface area contributed by atoms with Crippen LogP contribution in [0.2, 0.25) is 0 Å². The van der Waals surface area contributed by atoms with Crippen molar-refractivity contribution in [2.75, 3.05) is 0 Å². The Morgan fingerprint density at radius 3 is 2.09 bits per heavy atom. The molecule has 1 aromatic carbocycles. The molecule has 0 atom stereocenters. The van der Waals surface area contributed by atoms with Gasteiger partial charge in [0.15, 0.2) is 0 Å². The van der Waals surface area contributed by atoms with Crippen LogP contribution in [0.1, 0.15) is 16.7 Å². The van der Waals surface area contributed by atoms with Gasteiger partial charge in [-0.15, -0.1) is 5.75 Å². The van der Waals surface area contributed by atoms with E-state index in [1.807, 2.05) is 26.8 Å². The first-order valence-electron chi connectivity index (χ1n) is 3.36. The van der Waals surface area contributed by atoms with E-state index in [1.165, 1.54) is 0 Å². The van der Waals surface area contributed by atoms with Crippen LogP contribution in [0.5, 0.6) is 5.75 Å². The minimum absolute atomic E-state index is 0. The number of rotatable bonds is 0. The van der Waals surface area contributed by atoms with Gasteiger partial charge in [0, 0.05) is 0 Å². The Labute approximate surface area is 79.6 Å². The first-order valence-corrected chi connectivity index (χ1v) is 3.36. The molecular weight excluding hydrogens is 131 g/mol. The monoisotopic (exact) mass is 142 g/mol. The third-order valence-electron chi connectivity index (χ3n) is 1.76. The summed E-state index contributed by atoms with van der Waals surface area (Å²) in [5.74, 6) is 0.150. The van der Waals surface area contributed by atoms with Crippen molar-refractivity contribution in [1.29, 1.82) is 0 Å². The molecular formula is C9H11LiO. The molecule has 0 spiro atoms. The number of aryl methyl sites for hydroxylation is 2. The molecule has 0 amide bonds. The second-order valence-corrected chi connectivity index (χ2v) is 2.70. The molecule has 0 saturated carbocycles. The van der Waals surface area contributed by atoms with Gasteiger partial charge < -0.3 is 5.11 Å². The molecule has 0 aliphatic rings. The van der Waals surface area contributed by atoms with Crippen molar-refractivity contribution in [2.24, 2.45) is 0 Å². The van der Waals surface area contributed by atoms with Crippen molar-refractivity contribution in [3.63, 3.8) is 0 Å². The Morgan fingerprint density at radius 2 is 1.64 bits per heavy atom. The van der Waals surface area contributed by atoms with E-state index in [2.05, 4.69) is 0 Å². The summed E-state index contributed by atoms with van der Waals surface area (Å²) in [4.78, 5) is 0. The molecule has 2 heteroatoms. The summed E-state index contributed by atoms with van der Waals surface area (Å²) in [7, 11) is 0. The Kier molecular flexibility index (Phi) is 3.72. The van der Waals surface area contributed by atoms with Crippen molar-refractivity contribution in [3.8, 4) is 5.75 Å². The quantitative estimate of drug-likeness (QED) is 0.412. The maximum atomic E-state index is 11.1. The molecule has 0 aliphatic heterocycles. The van der Waals surface area contributed by atoms with E-state index in [0.717, 1.165) is 16.7 Å². The zero-order valence-corrected chi connectivity index (χ0v) is 7.56.